The van der Waals surface area contributed by atoms with Crippen LogP contribution in [0.15, 0.2) is 59.5 Å². The Morgan fingerprint density at radius 3 is 2.08 bits per heavy atom. The molecule has 1 N–H and O–H groups in total. The minimum atomic E-state index is -3.72. The van der Waals surface area contributed by atoms with Crippen LogP contribution in [0, 0.1) is 5.82 Å². The van der Waals surface area contributed by atoms with Crippen molar-refractivity contribution in [2.45, 2.75) is 4.90 Å². The van der Waals surface area contributed by atoms with E-state index in [4.69, 9.17) is 0 Å². The molecule has 0 unspecified atom stereocenters. The number of hydrogen-bond donors (Lipinski definition) is 1. The molecule has 2 aromatic carbocycles. The quantitative estimate of drug-likeness (QED) is 0.800. The molecule has 0 heterocycles. The molecule has 2 aromatic rings. The van der Waals surface area contributed by atoms with E-state index in [-0.39, 0.29) is 23.7 Å². The van der Waals surface area contributed by atoms with E-state index in [1.807, 2.05) is 0 Å². The molecule has 0 fully saturated rings. The molecule has 0 spiro atoms. The number of hydrogen-bond acceptors (Lipinski definition) is 4. The second kappa shape index (κ2) is 7.29. The van der Waals surface area contributed by atoms with Crippen molar-refractivity contribution < 1.29 is 21.2 Å². The third-order valence-corrected chi connectivity index (χ3v) is 5.85. The van der Waals surface area contributed by atoms with Gasteiger partial charge in [0.2, 0.25) is 20.0 Å². The zero-order valence-electron chi connectivity index (χ0n) is 12.9. The average molecular weight is 372 g/mol. The van der Waals surface area contributed by atoms with Crippen molar-refractivity contribution in [3.05, 3.63) is 60.4 Å². The van der Waals surface area contributed by atoms with Crippen LogP contribution in [0.2, 0.25) is 0 Å². The lowest BCUT2D eigenvalue weighted by Gasteiger charge is -2.22. The van der Waals surface area contributed by atoms with Crippen LogP contribution in [-0.2, 0) is 20.0 Å². The SMILES string of the molecule is CS(=O)(=O)N(CCNS(=O)(=O)c1ccccc1)c1ccc(F)cc1. The Kier molecular flexibility index (Phi) is 5.58. The summed E-state index contributed by atoms with van der Waals surface area (Å²) in [7, 11) is -7.36. The zero-order valence-corrected chi connectivity index (χ0v) is 14.5. The fourth-order valence-corrected chi connectivity index (χ4v) is 4.03. The summed E-state index contributed by atoms with van der Waals surface area (Å²) in [5.41, 5.74) is 0.262. The number of nitrogens with zero attached hydrogens (tertiary/aromatic N) is 1. The van der Waals surface area contributed by atoms with Crippen molar-refractivity contribution in [2.75, 3.05) is 23.7 Å². The predicted octanol–water partition coefficient (Wildman–Crippen LogP) is 1.57. The molecular formula is C15H17FN2O4S2. The summed E-state index contributed by atoms with van der Waals surface area (Å²) in [6.07, 6.45) is 1.00. The Morgan fingerprint density at radius 1 is 0.958 bits per heavy atom. The van der Waals surface area contributed by atoms with E-state index in [9.17, 15) is 21.2 Å². The van der Waals surface area contributed by atoms with Gasteiger partial charge in [-0.3, -0.25) is 4.31 Å². The van der Waals surface area contributed by atoms with Gasteiger partial charge < -0.3 is 0 Å². The Hall–Kier alpha value is -1.97. The topological polar surface area (TPSA) is 83.6 Å². The third-order valence-electron chi connectivity index (χ3n) is 3.18. The van der Waals surface area contributed by atoms with E-state index >= 15 is 0 Å². The van der Waals surface area contributed by atoms with Gasteiger partial charge in [-0.05, 0) is 36.4 Å². The Labute approximate surface area is 141 Å². The van der Waals surface area contributed by atoms with Gasteiger partial charge in [-0.15, -0.1) is 0 Å². The van der Waals surface area contributed by atoms with Crippen LogP contribution in [0.3, 0.4) is 0 Å². The maximum Gasteiger partial charge on any atom is 0.240 e. The number of nitrogens with one attached hydrogen (secondary N) is 1. The molecule has 130 valence electrons. The van der Waals surface area contributed by atoms with Gasteiger partial charge in [0.05, 0.1) is 16.8 Å². The van der Waals surface area contributed by atoms with Crippen molar-refractivity contribution in [3.8, 4) is 0 Å². The summed E-state index contributed by atoms with van der Waals surface area (Å²) in [4.78, 5) is 0.0951. The van der Waals surface area contributed by atoms with Crippen LogP contribution in [0.1, 0.15) is 0 Å². The molecule has 0 aliphatic heterocycles. The lowest BCUT2D eigenvalue weighted by Crippen LogP contribution is -2.38. The van der Waals surface area contributed by atoms with Crippen molar-refractivity contribution in [3.63, 3.8) is 0 Å². The predicted molar refractivity (Wildman–Crippen MR) is 90.2 cm³/mol. The van der Waals surface area contributed by atoms with Crippen molar-refractivity contribution in [2.24, 2.45) is 0 Å². The fraction of sp³-hybridized carbons (Fsp3) is 0.200. The highest BCUT2D eigenvalue weighted by molar-refractivity contribution is 7.92. The maximum absolute atomic E-state index is 13.0. The van der Waals surface area contributed by atoms with Gasteiger partial charge in [-0.25, -0.2) is 25.9 Å². The molecule has 0 aromatic heterocycles. The lowest BCUT2D eigenvalue weighted by molar-refractivity contribution is 0.578. The van der Waals surface area contributed by atoms with Gasteiger partial charge in [0.1, 0.15) is 5.82 Å². The molecular weight excluding hydrogens is 355 g/mol. The van der Waals surface area contributed by atoms with E-state index < -0.39 is 25.9 Å². The lowest BCUT2D eigenvalue weighted by atomic mass is 10.3. The van der Waals surface area contributed by atoms with Gasteiger partial charge in [-0.2, -0.15) is 0 Å². The second-order valence-electron chi connectivity index (χ2n) is 5.02. The van der Waals surface area contributed by atoms with Crippen LogP contribution in [-0.4, -0.2) is 36.2 Å². The normalized spacial score (nSPS) is 12.1. The van der Waals surface area contributed by atoms with E-state index in [1.165, 1.54) is 24.3 Å². The van der Waals surface area contributed by atoms with Crippen LogP contribution in [0.25, 0.3) is 0 Å². The molecule has 6 nitrogen and oxygen atoms in total. The number of rotatable bonds is 7. The molecule has 24 heavy (non-hydrogen) atoms. The molecule has 0 saturated carbocycles. The van der Waals surface area contributed by atoms with E-state index in [2.05, 4.69) is 4.72 Å². The molecule has 0 saturated heterocycles. The summed E-state index contributed by atoms with van der Waals surface area (Å²) >= 11 is 0. The smallest absolute Gasteiger partial charge is 0.240 e. The summed E-state index contributed by atoms with van der Waals surface area (Å²) in [6.45, 7) is -0.238. The van der Waals surface area contributed by atoms with Gasteiger partial charge in [0, 0.05) is 13.1 Å². The Balaban J connectivity index is 2.11. The highest BCUT2D eigenvalue weighted by Crippen LogP contribution is 2.17. The highest BCUT2D eigenvalue weighted by atomic mass is 32.2. The monoisotopic (exact) mass is 372 g/mol. The minimum Gasteiger partial charge on any atom is -0.269 e. The van der Waals surface area contributed by atoms with Crippen LogP contribution in [0.5, 0.6) is 0 Å². The first-order valence-corrected chi connectivity index (χ1v) is 10.3. The first-order chi connectivity index (χ1) is 11.2. The van der Waals surface area contributed by atoms with Crippen molar-refractivity contribution in [1.29, 1.82) is 0 Å². The largest absolute Gasteiger partial charge is 0.269 e. The first-order valence-electron chi connectivity index (χ1n) is 6.98. The zero-order chi connectivity index (χ0) is 17.8. The molecule has 0 atom stereocenters. The maximum atomic E-state index is 13.0. The summed E-state index contributed by atoms with van der Waals surface area (Å²) in [6, 6.07) is 12.7. The van der Waals surface area contributed by atoms with Crippen molar-refractivity contribution >= 4 is 25.7 Å². The molecule has 0 bridgehead atoms. The van der Waals surface area contributed by atoms with Crippen LogP contribution >= 0.6 is 0 Å². The number of sulfonamides is 2. The molecule has 9 heteroatoms. The molecule has 0 aliphatic rings. The van der Waals surface area contributed by atoms with Crippen molar-refractivity contribution in [1.82, 2.24) is 4.72 Å². The fourth-order valence-electron chi connectivity index (χ4n) is 2.06. The Morgan fingerprint density at radius 2 is 1.54 bits per heavy atom. The summed E-state index contributed by atoms with van der Waals surface area (Å²) in [5.74, 6) is -0.489. The second-order valence-corrected chi connectivity index (χ2v) is 8.70. The molecule has 2 rings (SSSR count). The number of benzene rings is 2. The van der Waals surface area contributed by atoms with E-state index in [0.29, 0.717) is 0 Å². The van der Waals surface area contributed by atoms with Crippen LogP contribution in [0.4, 0.5) is 10.1 Å². The van der Waals surface area contributed by atoms with Gasteiger partial charge in [0.25, 0.3) is 0 Å². The van der Waals surface area contributed by atoms with Gasteiger partial charge in [0.15, 0.2) is 0 Å². The van der Waals surface area contributed by atoms with Gasteiger partial charge in [-0.1, -0.05) is 18.2 Å². The van der Waals surface area contributed by atoms with E-state index in [1.54, 1.807) is 18.2 Å². The molecule has 0 amide bonds. The molecule has 0 aliphatic carbocycles. The van der Waals surface area contributed by atoms with Gasteiger partial charge >= 0.3 is 0 Å². The summed E-state index contributed by atoms with van der Waals surface area (Å²) < 4.78 is 64.4. The first kappa shape index (κ1) is 18.4. The average Bonchev–Trinajstić information content (AvgIpc) is 2.52. The highest BCUT2D eigenvalue weighted by Gasteiger charge is 2.19. The molecule has 0 radical (unpaired) electrons. The number of halogens is 1. The third kappa shape index (κ3) is 4.76. The van der Waals surface area contributed by atoms with Crippen LogP contribution < -0.4 is 9.03 Å². The van der Waals surface area contributed by atoms with E-state index in [0.717, 1.165) is 22.7 Å². The Bertz CT molecular complexity index is 883. The number of anilines is 1. The summed E-state index contributed by atoms with van der Waals surface area (Å²) in [5, 5.41) is 0. The minimum absolute atomic E-state index is 0.0951. The standard InChI is InChI=1S/C15H17FN2O4S2/c1-23(19,20)18(14-9-7-13(16)8-10-14)12-11-17-24(21,22)15-5-3-2-4-6-15/h2-10,17H,11-12H2,1H3.